The van der Waals surface area contributed by atoms with Crippen LogP contribution in [0.1, 0.15) is 34.7 Å². The van der Waals surface area contributed by atoms with E-state index in [0.29, 0.717) is 6.54 Å². The number of carbonyl (C=O) groups is 3. The van der Waals surface area contributed by atoms with Crippen molar-refractivity contribution >= 4 is 40.9 Å². The molecule has 1 fully saturated rings. The number of hydrogen-bond acceptors (Lipinski definition) is 3. The Morgan fingerprint density at radius 3 is 1.63 bits per heavy atom. The molecule has 1 heterocycles. The van der Waals surface area contributed by atoms with E-state index in [2.05, 4.69) is 5.32 Å². The Kier molecular flexibility index (Phi) is 4.89. The first-order valence-corrected chi connectivity index (χ1v) is 12.3. The van der Waals surface area contributed by atoms with E-state index in [1.165, 1.54) is 0 Å². The van der Waals surface area contributed by atoms with E-state index < -0.39 is 45.3 Å². The van der Waals surface area contributed by atoms with Crippen LogP contribution in [-0.2, 0) is 30.7 Å². The number of likely N-dealkylation sites (tertiary alicyclic amines) is 1. The summed E-state index contributed by atoms with van der Waals surface area (Å²) in [5, 5.41) is 2.84. The molecule has 1 aliphatic heterocycles. The molecule has 3 aliphatic carbocycles. The van der Waals surface area contributed by atoms with Gasteiger partial charge in [-0.05, 0) is 34.7 Å². The van der Waals surface area contributed by atoms with Crippen LogP contribution in [0.5, 0.6) is 0 Å². The van der Waals surface area contributed by atoms with E-state index in [1.807, 2.05) is 78.9 Å². The van der Waals surface area contributed by atoms with Gasteiger partial charge in [-0.25, -0.2) is 0 Å². The molecule has 176 valence electrons. The zero-order valence-corrected chi connectivity index (χ0v) is 20.4. The second-order valence-corrected chi connectivity index (χ2v) is 10.6. The molecule has 0 aromatic heterocycles. The number of hydrogen-bond donors (Lipinski definition) is 1. The van der Waals surface area contributed by atoms with Gasteiger partial charge in [0.1, 0.15) is 15.8 Å². The van der Waals surface area contributed by atoms with Crippen LogP contribution in [0.2, 0.25) is 0 Å². The van der Waals surface area contributed by atoms with Gasteiger partial charge in [0.25, 0.3) is 0 Å². The summed E-state index contributed by atoms with van der Waals surface area (Å²) in [6, 6.07) is 23.4. The second-order valence-electron chi connectivity index (χ2n) is 9.40. The minimum absolute atomic E-state index is 0.295. The molecule has 1 saturated heterocycles. The van der Waals surface area contributed by atoms with Crippen LogP contribution in [0.25, 0.3) is 0 Å². The summed E-state index contributed by atoms with van der Waals surface area (Å²) < 4.78 is 0. The van der Waals surface area contributed by atoms with Gasteiger partial charge in [0, 0.05) is 6.54 Å². The maximum atomic E-state index is 13.9. The van der Waals surface area contributed by atoms with Crippen molar-refractivity contribution in [2.24, 2.45) is 11.8 Å². The quantitative estimate of drug-likeness (QED) is 0.425. The first kappa shape index (κ1) is 22.3. The number of rotatable bonds is 4. The molecule has 7 rings (SSSR count). The predicted molar refractivity (Wildman–Crippen MR) is 133 cm³/mol. The van der Waals surface area contributed by atoms with Crippen LogP contribution in [0.4, 0.5) is 0 Å². The fraction of sp³-hybridized carbons (Fsp3) is 0.250. The summed E-state index contributed by atoms with van der Waals surface area (Å²) in [6.45, 7) is 1.86. The van der Waals surface area contributed by atoms with Gasteiger partial charge in [0.2, 0.25) is 17.7 Å². The van der Waals surface area contributed by atoms with Gasteiger partial charge in [-0.1, -0.05) is 78.9 Å². The van der Waals surface area contributed by atoms with Crippen LogP contribution >= 0.6 is 23.2 Å². The summed E-state index contributed by atoms with van der Waals surface area (Å²) in [5.74, 6) is -3.17. The van der Waals surface area contributed by atoms with Crippen molar-refractivity contribution in [2.75, 3.05) is 0 Å². The highest BCUT2D eigenvalue weighted by Crippen LogP contribution is 2.69. The fourth-order valence-corrected chi connectivity index (χ4v) is 7.22. The third kappa shape index (κ3) is 2.79. The van der Waals surface area contributed by atoms with Gasteiger partial charge in [-0.15, -0.1) is 23.2 Å². The Bertz CT molecular complexity index is 1270. The number of carbonyl (C=O) groups excluding carboxylic acids is 3. The highest BCUT2D eigenvalue weighted by molar-refractivity contribution is 6.36. The van der Waals surface area contributed by atoms with E-state index in [0.717, 1.165) is 32.7 Å². The van der Waals surface area contributed by atoms with E-state index in [-0.39, 0.29) is 0 Å². The van der Waals surface area contributed by atoms with Crippen molar-refractivity contribution in [1.29, 1.82) is 0 Å². The standard InChI is InChI=1S/C28H22Cl2N2O3/c1-16(24(33)31-15-17-9-3-2-4-10-17)32-25(34)22-23(26(32)35)28(30)19-12-6-5-11-18(19)27(22,29)20-13-7-8-14-21(20)28/h2-14,16,22-23H,15H2,1H3,(H,31,33)/t16-,22-,23+,27?,28?/m1/s1. The lowest BCUT2D eigenvalue weighted by Gasteiger charge is -2.54. The van der Waals surface area contributed by atoms with Gasteiger partial charge in [-0.2, -0.15) is 0 Å². The van der Waals surface area contributed by atoms with Crippen LogP contribution in [0.15, 0.2) is 78.9 Å². The topological polar surface area (TPSA) is 66.5 Å². The predicted octanol–water partition coefficient (Wildman–Crippen LogP) is 4.28. The minimum atomic E-state index is -1.25. The Balaban J connectivity index is 1.41. The van der Waals surface area contributed by atoms with Crippen LogP contribution in [0, 0.1) is 11.8 Å². The summed E-state index contributed by atoms with van der Waals surface area (Å²) in [6.07, 6.45) is 0. The smallest absolute Gasteiger partial charge is 0.243 e. The maximum absolute atomic E-state index is 13.9. The van der Waals surface area contributed by atoms with E-state index >= 15 is 0 Å². The molecule has 0 saturated carbocycles. The average Bonchev–Trinajstić information content (AvgIpc) is 3.17. The van der Waals surface area contributed by atoms with Crippen molar-refractivity contribution < 1.29 is 14.4 Å². The highest BCUT2D eigenvalue weighted by atomic mass is 35.5. The molecule has 1 N–H and O–H groups in total. The Labute approximate surface area is 213 Å². The number of benzene rings is 3. The summed E-state index contributed by atoms with van der Waals surface area (Å²) in [7, 11) is 0. The molecular formula is C28H22Cl2N2O3. The van der Waals surface area contributed by atoms with Crippen LogP contribution in [0.3, 0.4) is 0 Å². The molecule has 3 atom stereocenters. The molecule has 4 aliphatic rings. The van der Waals surface area contributed by atoms with Crippen LogP contribution in [-0.4, -0.2) is 28.7 Å². The molecule has 0 radical (unpaired) electrons. The molecule has 0 spiro atoms. The monoisotopic (exact) mass is 504 g/mol. The molecular weight excluding hydrogens is 483 g/mol. The van der Waals surface area contributed by atoms with Gasteiger partial charge < -0.3 is 5.32 Å². The number of nitrogens with zero attached hydrogens (tertiary/aromatic N) is 1. The van der Waals surface area contributed by atoms with E-state index in [9.17, 15) is 14.4 Å². The lowest BCUT2D eigenvalue weighted by Crippen LogP contribution is -2.57. The minimum Gasteiger partial charge on any atom is -0.350 e. The summed E-state index contributed by atoms with van der Waals surface area (Å²) in [5.41, 5.74) is 3.87. The van der Waals surface area contributed by atoms with Crippen LogP contribution < -0.4 is 5.32 Å². The van der Waals surface area contributed by atoms with Crippen molar-refractivity contribution in [3.63, 3.8) is 0 Å². The maximum Gasteiger partial charge on any atom is 0.243 e. The third-order valence-electron chi connectivity index (χ3n) is 7.70. The Morgan fingerprint density at radius 1 is 0.800 bits per heavy atom. The van der Waals surface area contributed by atoms with E-state index in [1.54, 1.807) is 6.92 Å². The first-order valence-electron chi connectivity index (χ1n) is 11.6. The molecule has 7 heteroatoms. The second kappa shape index (κ2) is 7.67. The molecule has 2 bridgehead atoms. The van der Waals surface area contributed by atoms with Gasteiger partial charge >= 0.3 is 0 Å². The number of halogens is 2. The van der Waals surface area contributed by atoms with Gasteiger partial charge in [0.15, 0.2) is 0 Å². The SMILES string of the molecule is C[C@H](C(=O)NCc1ccccc1)N1C(=O)[C@@H]2[C@H](C1=O)C1(Cl)c3ccccc3C2(Cl)c2ccccc21. The Hall–Kier alpha value is -3.15. The average molecular weight is 505 g/mol. The summed E-state index contributed by atoms with van der Waals surface area (Å²) in [4.78, 5) is 39.4. The van der Waals surface area contributed by atoms with Crippen molar-refractivity contribution in [3.05, 3.63) is 107 Å². The number of amides is 3. The zero-order chi connectivity index (χ0) is 24.5. The van der Waals surface area contributed by atoms with Crippen molar-refractivity contribution in [3.8, 4) is 0 Å². The van der Waals surface area contributed by atoms with Crippen molar-refractivity contribution in [2.45, 2.75) is 29.3 Å². The number of nitrogens with one attached hydrogen (secondary N) is 1. The summed E-state index contributed by atoms with van der Waals surface area (Å²) >= 11 is 14.8. The molecule has 3 amide bonds. The normalized spacial score (nSPS) is 28.8. The lowest BCUT2D eigenvalue weighted by atomic mass is 9.54. The first-order chi connectivity index (χ1) is 16.8. The Morgan fingerprint density at radius 2 is 1.20 bits per heavy atom. The zero-order valence-electron chi connectivity index (χ0n) is 18.9. The van der Waals surface area contributed by atoms with Gasteiger partial charge in [-0.3, -0.25) is 19.3 Å². The third-order valence-corrected chi connectivity index (χ3v) is 8.98. The molecule has 3 aromatic carbocycles. The van der Waals surface area contributed by atoms with Gasteiger partial charge in [0.05, 0.1) is 11.8 Å². The number of alkyl halides is 2. The van der Waals surface area contributed by atoms with E-state index in [4.69, 9.17) is 23.2 Å². The highest BCUT2D eigenvalue weighted by Gasteiger charge is 2.73. The molecule has 3 aromatic rings. The molecule has 35 heavy (non-hydrogen) atoms. The lowest BCUT2D eigenvalue weighted by molar-refractivity contribution is -0.147. The fourth-order valence-electron chi connectivity index (χ4n) is 6.12. The molecule has 5 nitrogen and oxygen atoms in total. The number of imide groups is 1. The largest absolute Gasteiger partial charge is 0.350 e. The van der Waals surface area contributed by atoms with Crippen molar-refractivity contribution in [1.82, 2.24) is 10.2 Å². The molecule has 0 unspecified atom stereocenters.